The van der Waals surface area contributed by atoms with E-state index in [2.05, 4.69) is 0 Å². The highest BCUT2D eigenvalue weighted by Crippen LogP contribution is 2.24. The molecule has 0 aliphatic carbocycles. The number of ether oxygens (including phenoxy) is 1. The van der Waals surface area contributed by atoms with Crippen LogP contribution in [0.25, 0.3) is 0 Å². The molecule has 3 rings (SSSR count). The smallest absolute Gasteiger partial charge is 0.223 e. The molecule has 1 amide bonds. The van der Waals surface area contributed by atoms with Crippen molar-refractivity contribution < 1.29 is 23.1 Å². The Morgan fingerprint density at radius 2 is 1.86 bits per heavy atom. The zero-order valence-electron chi connectivity index (χ0n) is 16.0. The highest BCUT2D eigenvalue weighted by Gasteiger charge is 2.25. The highest BCUT2D eigenvalue weighted by atomic mass is 32.1. The monoisotopic (exact) mass is 407 g/mol. The number of likely N-dealkylation sites (tertiary alicyclic amines) is 1. The Kier molecular flexibility index (Phi) is 6.44. The molecule has 0 N–H and O–H groups in total. The molecule has 0 atom stereocenters. The average molecular weight is 407 g/mol. The number of Topliss-reactive ketones (excluding diaryl/α,β-unsaturated/α-hetero) is 1. The van der Waals surface area contributed by atoms with Crippen LogP contribution >= 0.6 is 11.3 Å². The predicted molar refractivity (Wildman–Crippen MR) is 104 cm³/mol. The van der Waals surface area contributed by atoms with E-state index in [4.69, 9.17) is 4.74 Å². The topological polar surface area (TPSA) is 46.6 Å². The number of thiophene rings is 1. The van der Waals surface area contributed by atoms with Gasteiger partial charge in [-0.05, 0) is 32.0 Å². The number of hydrogen-bond donors (Lipinski definition) is 0. The van der Waals surface area contributed by atoms with E-state index in [0.29, 0.717) is 31.5 Å². The van der Waals surface area contributed by atoms with E-state index >= 15 is 0 Å². The van der Waals surface area contributed by atoms with Crippen molar-refractivity contribution in [3.63, 3.8) is 0 Å². The van der Waals surface area contributed by atoms with Crippen LogP contribution < -0.4 is 4.74 Å². The van der Waals surface area contributed by atoms with Crippen molar-refractivity contribution in [3.05, 3.63) is 51.2 Å². The summed E-state index contributed by atoms with van der Waals surface area (Å²) in [5.41, 5.74) is 0.712. The van der Waals surface area contributed by atoms with Crippen LogP contribution in [0.3, 0.4) is 0 Å². The van der Waals surface area contributed by atoms with Crippen molar-refractivity contribution in [2.24, 2.45) is 0 Å². The summed E-state index contributed by atoms with van der Waals surface area (Å²) < 4.78 is 32.3. The summed E-state index contributed by atoms with van der Waals surface area (Å²) >= 11 is 1.58. The number of aryl methyl sites for hydroxylation is 2. The number of benzene rings is 1. The van der Waals surface area contributed by atoms with Gasteiger partial charge in [0.25, 0.3) is 0 Å². The summed E-state index contributed by atoms with van der Waals surface area (Å²) in [5, 5.41) is 0. The number of carbonyl (C=O) groups excluding carboxylic acids is 2. The lowest BCUT2D eigenvalue weighted by molar-refractivity contribution is -0.132. The van der Waals surface area contributed by atoms with Gasteiger partial charge >= 0.3 is 0 Å². The van der Waals surface area contributed by atoms with Crippen LogP contribution in [0.1, 0.15) is 45.8 Å². The lowest BCUT2D eigenvalue weighted by atomic mass is 10.0. The quantitative estimate of drug-likeness (QED) is 0.654. The van der Waals surface area contributed by atoms with E-state index in [1.165, 1.54) is 6.07 Å². The molecule has 1 aromatic carbocycles. The Morgan fingerprint density at radius 1 is 1.14 bits per heavy atom. The molecule has 150 valence electrons. The first-order valence-electron chi connectivity index (χ1n) is 9.33. The third-order valence-corrected chi connectivity index (χ3v) is 5.86. The molecular formula is C21H23F2NO3S. The van der Waals surface area contributed by atoms with Gasteiger partial charge in [-0.3, -0.25) is 9.59 Å². The van der Waals surface area contributed by atoms with Gasteiger partial charge in [-0.2, -0.15) is 0 Å². The van der Waals surface area contributed by atoms with Gasteiger partial charge in [-0.25, -0.2) is 8.78 Å². The van der Waals surface area contributed by atoms with Crippen LogP contribution in [0.5, 0.6) is 5.75 Å². The number of hydrogen-bond acceptors (Lipinski definition) is 4. The van der Waals surface area contributed by atoms with E-state index in [1.807, 2.05) is 19.9 Å². The summed E-state index contributed by atoms with van der Waals surface area (Å²) in [5.74, 6) is -1.40. The normalized spacial score (nSPS) is 14.9. The molecule has 7 heteroatoms. The van der Waals surface area contributed by atoms with Crippen LogP contribution in [-0.4, -0.2) is 35.8 Å². The maximum absolute atomic E-state index is 13.7. The number of ketones is 1. The van der Waals surface area contributed by atoms with Gasteiger partial charge in [0.05, 0.1) is 0 Å². The number of nitrogens with zero attached hydrogens (tertiary/aromatic N) is 1. The van der Waals surface area contributed by atoms with Crippen LogP contribution in [-0.2, 0) is 4.79 Å². The highest BCUT2D eigenvalue weighted by molar-refractivity contribution is 7.12. The van der Waals surface area contributed by atoms with Crippen molar-refractivity contribution in [2.75, 3.05) is 13.1 Å². The van der Waals surface area contributed by atoms with Gasteiger partial charge in [-0.15, -0.1) is 11.3 Å². The molecule has 1 aliphatic heterocycles. The summed E-state index contributed by atoms with van der Waals surface area (Å²) in [6, 6.07) is 5.11. The van der Waals surface area contributed by atoms with E-state index in [9.17, 15) is 18.4 Å². The number of amides is 1. The average Bonchev–Trinajstić information content (AvgIpc) is 3.00. The fourth-order valence-corrected chi connectivity index (χ4v) is 4.34. The van der Waals surface area contributed by atoms with Crippen molar-refractivity contribution in [1.29, 1.82) is 0 Å². The molecule has 0 radical (unpaired) electrons. The largest absolute Gasteiger partial charge is 0.487 e. The molecule has 28 heavy (non-hydrogen) atoms. The van der Waals surface area contributed by atoms with Gasteiger partial charge in [0.1, 0.15) is 11.9 Å². The number of carbonyl (C=O) groups is 2. The van der Waals surface area contributed by atoms with E-state index < -0.39 is 11.6 Å². The van der Waals surface area contributed by atoms with Crippen molar-refractivity contribution in [1.82, 2.24) is 4.90 Å². The predicted octanol–water partition coefficient (Wildman–Crippen LogP) is 4.68. The minimum atomic E-state index is -0.726. The minimum absolute atomic E-state index is 0.000189. The first kappa shape index (κ1) is 20.5. The third-order valence-electron chi connectivity index (χ3n) is 4.89. The van der Waals surface area contributed by atoms with E-state index in [-0.39, 0.29) is 36.4 Å². The third kappa shape index (κ3) is 4.95. The first-order chi connectivity index (χ1) is 13.3. The Balaban J connectivity index is 1.46. The molecule has 1 fully saturated rings. The Morgan fingerprint density at radius 3 is 2.46 bits per heavy atom. The fourth-order valence-electron chi connectivity index (χ4n) is 3.39. The van der Waals surface area contributed by atoms with Gasteiger partial charge in [0.2, 0.25) is 5.91 Å². The van der Waals surface area contributed by atoms with Gasteiger partial charge in [0, 0.05) is 60.2 Å². The zero-order chi connectivity index (χ0) is 20.3. The number of halogens is 2. The van der Waals surface area contributed by atoms with Gasteiger partial charge in [0.15, 0.2) is 17.3 Å². The Labute approximate surface area is 167 Å². The number of piperidine rings is 1. The van der Waals surface area contributed by atoms with Crippen LogP contribution in [0.15, 0.2) is 24.3 Å². The first-order valence-corrected chi connectivity index (χ1v) is 10.1. The van der Waals surface area contributed by atoms with Gasteiger partial charge in [-0.1, -0.05) is 0 Å². The summed E-state index contributed by atoms with van der Waals surface area (Å²) in [4.78, 5) is 28.5. The molecule has 0 bridgehead atoms. The SMILES string of the molecule is Cc1cc(C(=O)CCC(=O)N2CCC(Oc3ccc(F)cc3F)CC2)c(C)s1. The summed E-state index contributed by atoms with van der Waals surface area (Å²) in [6.07, 6.45) is 1.30. The number of rotatable bonds is 6. The lowest BCUT2D eigenvalue weighted by Gasteiger charge is -2.32. The van der Waals surface area contributed by atoms with Crippen molar-refractivity contribution >= 4 is 23.0 Å². The molecule has 2 heterocycles. The standard InChI is InChI=1S/C21H23F2NO3S/c1-13-11-17(14(2)28-13)19(25)4-6-21(26)24-9-7-16(8-10-24)27-20-5-3-15(22)12-18(20)23/h3,5,11-12,16H,4,6-10H2,1-2H3. The molecule has 1 aliphatic rings. The second kappa shape index (κ2) is 8.82. The maximum atomic E-state index is 13.7. The molecule has 0 spiro atoms. The second-order valence-electron chi connectivity index (χ2n) is 7.02. The molecule has 2 aromatic rings. The molecule has 1 aromatic heterocycles. The molecule has 4 nitrogen and oxygen atoms in total. The van der Waals surface area contributed by atoms with E-state index in [0.717, 1.165) is 21.9 Å². The maximum Gasteiger partial charge on any atom is 0.223 e. The van der Waals surface area contributed by atoms with Crippen LogP contribution in [0.2, 0.25) is 0 Å². The molecule has 1 saturated heterocycles. The Bertz CT molecular complexity index is 873. The van der Waals surface area contributed by atoms with Crippen molar-refractivity contribution in [3.8, 4) is 5.75 Å². The molecule has 0 saturated carbocycles. The van der Waals surface area contributed by atoms with Gasteiger partial charge < -0.3 is 9.64 Å². The summed E-state index contributed by atoms with van der Waals surface area (Å²) in [6.45, 7) is 4.87. The minimum Gasteiger partial charge on any atom is -0.487 e. The fraction of sp³-hybridized carbons (Fsp3) is 0.429. The van der Waals surface area contributed by atoms with Crippen LogP contribution in [0.4, 0.5) is 8.78 Å². The van der Waals surface area contributed by atoms with Crippen molar-refractivity contribution in [2.45, 2.75) is 45.6 Å². The summed E-state index contributed by atoms with van der Waals surface area (Å²) in [7, 11) is 0. The lowest BCUT2D eigenvalue weighted by Crippen LogP contribution is -2.41. The van der Waals surface area contributed by atoms with Crippen LogP contribution in [0, 0.1) is 25.5 Å². The van der Waals surface area contributed by atoms with E-state index in [1.54, 1.807) is 16.2 Å². The Hall–Kier alpha value is -2.28. The second-order valence-corrected chi connectivity index (χ2v) is 8.48. The molecule has 0 unspecified atom stereocenters. The zero-order valence-corrected chi connectivity index (χ0v) is 16.8. The molecular weight excluding hydrogens is 384 g/mol.